The molecular formula is C19H19N3O2. The number of fused-ring (bicyclic) bond motifs is 3. The van der Waals surface area contributed by atoms with Crippen LogP contribution < -0.4 is 10.1 Å². The number of benzene rings is 2. The van der Waals surface area contributed by atoms with E-state index in [1.807, 2.05) is 35.2 Å². The van der Waals surface area contributed by atoms with Crippen LogP contribution in [0, 0.1) is 0 Å². The quantitative estimate of drug-likeness (QED) is 0.782. The summed E-state index contributed by atoms with van der Waals surface area (Å²) in [5.74, 6) is 0.728. The molecule has 0 aliphatic carbocycles. The largest absolute Gasteiger partial charge is 0.497 e. The lowest BCUT2D eigenvalue weighted by Gasteiger charge is -2.29. The van der Waals surface area contributed by atoms with Crippen molar-refractivity contribution in [3.63, 3.8) is 0 Å². The number of para-hydroxylation sites is 1. The summed E-state index contributed by atoms with van der Waals surface area (Å²) in [7, 11) is 1.62. The van der Waals surface area contributed by atoms with Crippen LogP contribution in [0.15, 0.2) is 54.6 Å². The fraction of sp³-hybridized carbons (Fsp3) is 0.211. The average Bonchev–Trinajstić information content (AvgIpc) is 2.99. The number of amides is 2. The van der Waals surface area contributed by atoms with Crippen molar-refractivity contribution in [2.45, 2.75) is 13.1 Å². The third-order valence-electron chi connectivity index (χ3n) is 4.45. The maximum atomic E-state index is 12.6. The van der Waals surface area contributed by atoms with E-state index in [-0.39, 0.29) is 6.03 Å². The molecule has 0 saturated carbocycles. The van der Waals surface area contributed by atoms with Gasteiger partial charge < -0.3 is 19.5 Å². The normalized spacial score (nSPS) is 13.6. The Morgan fingerprint density at radius 3 is 2.83 bits per heavy atom. The van der Waals surface area contributed by atoms with E-state index >= 15 is 0 Å². The molecular weight excluding hydrogens is 302 g/mol. The molecule has 2 amide bonds. The number of ether oxygens (including phenoxy) is 1. The lowest BCUT2D eigenvalue weighted by Crippen LogP contribution is -2.40. The molecule has 1 N–H and O–H groups in total. The van der Waals surface area contributed by atoms with E-state index in [1.54, 1.807) is 7.11 Å². The summed E-state index contributed by atoms with van der Waals surface area (Å²) in [6, 6.07) is 17.8. The number of methoxy groups -OCH3 is 1. The smallest absolute Gasteiger partial charge is 0.322 e. The minimum atomic E-state index is -0.0836. The Hall–Kier alpha value is -2.95. The van der Waals surface area contributed by atoms with Crippen LogP contribution in [0.1, 0.15) is 5.69 Å². The summed E-state index contributed by atoms with van der Waals surface area (Å²) < 4.78 is 7.49. The minimum Gasteiger partial charge on any atom is -0.497 e. The van der Waals surface area contributed by atoms with Gasteiger partial charge in [-0.3, -0.25) is 0 Å². The zero-order chi connectivity index (χ0) is 16.5. The van der Waals surface area contributed by atoms with Gasteiger partial charge in [0, 0.05) is 36.1 Å². The van der Waals surface area contributed by atoms with Crippen LogP contribution in [0.25, 0.3) is 10.9 Å². The highest BCUT2D eigenvalue weighted by Gasteiger charge is 2.22. The molecule has 1 aromatic heterocycles. The summed E-state index contributed by atoms with van der Waals surface area (Å²) in [6.07, 6.45) is 0. The molecule has 1 aliphatic heterocycles. The number of carbonyl (C=O) groups excluding carboxylic acids is 1. The third-order valence-corrected chi connectivity index (χ3v) is 4.45. The van der Waals surface area contributed by atoms with Crippen molar-refractivity contribution in [1.82, 2.24) is 9.47 Å². The van der Waals surface area contributed by atoms with E-state index in [4.69, 9.17) is 4.74 Å². The fourth-order valence-corrected chi connectivity index (χ4v) is 3.23. The Kier molecular flexibility index (Phi) is 3.61. The summed E-state index contributed by atoms with van der Waals surface area (Å²) >= 11 is 0. The molecule has 4 rings (SSSR count). The molecule has 0 spiro atoms. The number of nitrogens with one attached hydrogen (secondary N) is 1. The minimum absolute atomic E-state index is 0.0836. The standard InChI is InChI=1S/C19H19N3O2/c1-24-17-7-4-6-15(12-17)20-19(23)21-9-10-22-16(13-21)11-14-5-2-3-8-18(14)22/h2-8,11-12H,9-10,13H2,1H3,(H,20,23). The third kappa shape index (κ3) is 2.58. The van der Waals surface area contributed by atoms with Crippen molar-refractivity contribution in [3.05, 3.63) is 60.3 Å². The number of carbonyl (C=O) groups is 1. The van der Waals surface area contributed by atoms with Crippen molar-refractivity contribution in [3.8, 4) is 5.75 Å². The maximum absolute atomic E-state index is 12.6. The van der Waals surface area contributed by atoms with Gasteiger partial charge in [-0.25, -0.2) is 4.79 Å². The van der Waals surface area contributed by atoms with Crippen molar-refractivity contribution in [2.75, 3.05) is 19.0 Å². The van der Waals surface area contributed by atoms with Crippen LogP contribution in [0.2, 0.25) is 0 Å². The molecule has 0 bridgehead atoms. The van der Waals surface area contributed by atoms with Crippen LogP contribution >= 0.6 is 0 Å². The molecule has 3 aromatic rings. The summed E-state index contributed by atoms with van der Waals surface area (Å²) in [5.41, 5.74) is 3.15. The van der Waals surface area contributed by atoms with Gasteiger partial charge >= 0.3 is 6.03 Å². The van der Waals surface area contributed by atoms with E-state index in [1.165, 1.54) is 16.6 Å². The van der Waals surface area contributed by atoms with Gasteiger partial charge in [0.15, 0.2) is 0 Å². The number of hydrogen-bond donors (Lipinski definition) is 1. The van der Waals surface area contributed by atoms with E-state index in [2.05, 4.69) is 34.1 Å². The monoisotopic (exact) mass is 321 g/mol. The summed E-state index contributed by atoms with van der Waals surface area (Å²) in [5, 5.41) is 4.17. The van der Waals surface area contributed by atoms with Crippen molar-refractivity contribution >= 4 is 22.6 Å². The van der Waals surface area contributed by atoms with Gasteiger partial charge in [-0.15, -0.1) is 0 Å². The van der Waals surface area contributed by atoms with Crippen molar-refractivity contribution in [1.29, 1.82) is 0 Å². The molecule has 0 unspecified atom stereocenters. The van der Waals surface area contributed by atoms with Crippen molar-refractivity contribution < 1.29 is 9.53 Å². The summed E-state index contributed by atoms with van der Waals surface area (Å²) in [4.78, 5) is 14.4. The number of urea groups is 1. The molecule has 5 heteroatoms. The second-order valence-electron chi connectivity index (χ2n) is 5.93. The zero-order valence-corrected chi connectivity index (χ0v) is 13.5. The second-order valence-corrected chi connectivity index (χ2v) is 5.93. The van der Waals surface area contributed by atoms with E-state index in [9.17, 15) is 4.79 Å². The average molecular weight is 321 g/mol. The highest BCUT2D eigenvalue weighted by molar-refractivity contribution is 5.90. The van der Waals surface area contributed by atoms with E-state index in [0.29, 0.717) is 13.1 Å². The Bertz CT molecular complexity index is 901. The molecule has 2 aromatic carbocycles. The van der Waals surface area contributed by atoms with E-state index in [0.717, 1.165) is 18.0 Å². The summed E-state index contributed by atoms with van der Waals surface area (Å²) in [6.45, 7) is 2.13. The number of aromatic nitrogens is 1. The molecule has 0 fully saturated rings. The molecule has 1 aliphatic rings. The van der Waals surface area contributed by atoms with Crippen LogP contribution in [0.4, 0.5) is 10.5 Å². The molecule has 0 radical (unpaired) electrons. The van der Waals surface area contributed by atoms with Crippen molar-refractivity contribution in [2.24, 2.45) is 0 Å². The van der Waals surface area contributed by atoms with Gasteiger partial charge in [-0.05, 0) is 29.7 Å². The molecule has 0 saturated heterocycles. The van der Waals surface area contributed by atoms with Gasteiger partial charge in [0.25, 0.3) is 0 Å². The van der Waals surface area contributed by atoms with Gasteiger partial charge in [-0.2, -0.15) is 0 Å². The number of anilines is 1. The maximum Gasteiger partial charge on any atom is 0.322 e. The van der Waals surface area contributed by atoms with Gasteiger partial charge in [0.1, 0.15) is 5.75 Å². The molecule has 122 valence electrons. The topological polar surface area (TPSA) is 46.5 Å². The molecule has 0 atom stereocenters. The number of hydrogen-bond acceptors (Lipinski definition) is 2. The highest BCUT2D eigenvalue weighted by atomic mass is 16.5. The van der Waals surface area contributed by atoms with Crippen LogP contribution in [-0.4, -0.2) is 29.2 Å². The van der Waals surface area contributed by atoms with E-state index < -0.39 is 0 Å². The Morgan fingerprint density at radius 1 is 1.08 bits per heavy atom. The first-order chi connectivity index (χ1) is 11.7. The van der Waals surface area contributed by atoms with Gasteiger partial charge in [-0.1, -0.05) is 24.3 Å². The van der Waals surface area contributed by atoms with Crippen LogP contribution in [0.5, 0.6) is 5.75 Å². The Morgan fingerprint density at radius 2 is 1.96 bits per heavy atom. The fourth-order valence-electron chi connectivity index (χ4n) is 3.23. The SMILES string of the molecule is COc1cccc(NC(=O)N2CCn3c(cc4ccccc43)C2)c1. The zero-order valence-electron chi connectivity index (χ0n) is 13.5. The first kappa shape index (κ1) is 14.6. The van der Waals surface area contributed by atoms with Crippen LogP contribution in [0.3, 0.4) is 0 Å². The highest BCUT2D eigenvalue weighted by Crippen LogP contribution is 2.24. The Labute approximate surface area is 140 Å². The number of nitrogens with zero attached hydrogens (tertiary/aromatic N) is 2. The first-order valence-corrected chi connectivity index (χ1v) is 8.02. The first-order valence-electron chi connectivity index (χ1n) is 8.02. The van der Waals surface area contributed by atoms with Gasteiger partial charge in [0.2, 0.25) is 0 Å². The number of rotatable bonds is 2. The molecule has 2 heterocycles. The van der Waals surface area contributed by atoms with Gasteiger partial charge in [0.05, 0.1) is 13.7 Å². The predicted octanol–water partition coefficient (Wildman–Crippen LogP) is 3.70. The molecule has 24 heavy (non-hydrogen) atoms. The second kappa shape index (κ2) is 5.92. The lowest BCUT2D eigenvalue weighted by molar-refractivity contribution is 0.198. The lowest BCUT2D eigenvalue weighted by atomic mass is 10.2. The molecule has 5 nitrogen and oxygen atoms in total. The predicted molar refractivity (Wildman–Crippen MR) is 94.4 cm³/mol. The van der Waals surface area contributed by atoms with Crippen LogP contribution in [-0.2, 0) is 13.1 Å². The Balaban J connectivity index is 1.52.